The lowest BCUT2D eigenvalue weighted by Gasteiger charge is -2.16. The van der Waals surface area contributed by atoms with Crippen molar-refractivity contribution >= 4 is 33.1 Å². The van der Waals surface area contributed by atoms with Gasteiger partial charge in [0.05, 0.1) is 31.8 Å². The Bertz CT molecular complexity index is 2250. The number of aromatic nitrogens is 2. The number of amides is 1. The molecule has 6 aromatic rings. The lowest BCUT2D eigenvalue weighted by atomic mass is 10.1. The highest BCUT2D eigenvalue weighted by molar-refractivity contribution is 7.22. The van der Waals surface area contributed by atoms with E-state index in [0.717, 1.165) is 37.6 Å². The number of fused-ring (bicyclic) bond motifs is 1. The number of thiophene rings is 1. The standard InChI is InChI=1S/C38H34F2N4O4S.ClH/c1-4-33(45)41-26-18-16-25(17-19-26)35-30(22-42(2)21-24-10-6-5-7-11-24)34-36(46)44(27-12-8-13-28(20-27)48-3)38(47)43(37(34)49-35)23-29-31(39)14-9-15-32(29)40;/h5-20H,4,21-23H2,1-3H3,(H,41,45);1H. The number of benzene rings is 4. The summed E-state index contributed by atoms with van der Waals surface area (Å²) in [7, 11) is 3.51. The van der Waals surface area contributed by atoms with E-state index in [9.17, 15) is 14.4 Å². The number of anilines is 1. The van der Waals surface area contributed by atoms with Crippen LogP contribution in [0.5, 0.6) is 5.75 Å². The van der Waals surface area contributed by atoms with Crippen molar-refractivity contribution in [3.8, 4) is 21.9 Å². The van der Waals surface area contributed by atoms with Crippen molar-refractivity contribution in [2.75, 3.05) is 19.5 Å². The van der Waals surface area contributed by atoms with Crippen molar-refractivity contribution in [1.29, 1.82) is 0 Å². The Kier molecular flexibility index (Phi) is 11.3. The van der Waals surface area contributed by atoms with E-state index in [1.165, 1.54) is 29.1 Å². The predicted molar refractivity (Wildman–Crippen MR) is 189 cm³/mol. The molecular weight excluding hydrogens is 682 g/mol. The van der Waals surface area contributed by atoms with Crippen LogP contribution >= 0.6 is 11.3 Å². The SMILES string of the molecule is CCC(=O)Nc1ccc(-c2sc3c(c2C[NH+](C)Cc2ccccc2)c(=O)n(-c2cccc(OC)c2)c(=O)n3Cc2c(F)cccc2F)cc1.[Cl-]. The lowest BCUT2D eigenvalue weighted by Crippen LogP contribution is -3.06. The van der Waals surface area contributed by atoms with Gasteiger partial charge in [-0.15, -0.1) is 11.3 Å². The number of rotatable bonds is 11. The molecule has 6 rings (SSSR count). The van der Waals surface area contributed by atoms with Gasteiger partial charge >= 0.3 is 5.69 Å². The lowest BCUT2D eigenvalue weighted by molar-refractivity contribution is -0.907. The predicted octanol–water partition coefficient (Wildman–Crippen LogP) is 2.78. The van der Waals surface area contributed by atoms with Crippen molar-refractivity contribution in [2.45, 2.75) is 33.0 Å². The van der Waals surface area contributed by atoms with Gasteiger partial charge in [0.2, 0.25) is 5.91 Å². The maximum absolute atomic E-state index is 15.1. The van der Waals surface area contributed by atoms with E-state index in [0.29, 0.717) is 41.3 Å². The zero-order valence-corrected chi connectivity index (χ0v) is 29.2. The summed E-state index contributed by atoms with van der Waals surface area (Å²) < 4.78 is 37.9. The average molecular weight is 717 g/mol. The van der Waals surface area contributed by atoms with Crippen molar-refractivity contribution < 1.29 is 35.6 Å². The minimum absolute atomic E-state index is 0. The van der Waals surface area contributed by atoms with E-state index in [2.05, 4.69) is 5.32 Å². The quantitative estimate of drug-likeness (QED) is 0.216. The molecule has 0 fully saturated rings. The third kappa shape index (κ3) is 7.40. The molecule has 0 aliphatic heterocycles. The zero-order valence-electron chi connectivity index (χ0n) is 27.6. The van der Waals surface area contributed by atoms with Crippen molar-refractivity contribution in [3.63, 3.8) is 0 Å². The van der Waals surface area contributed by atoms with Gasteiger partial charge in [0.1, 0.15) is 35.3 Å². The maximum Gasteiger partial charge on any atom is 0.337 e. The second-order valence-corrected chi connectivity index (χ2v) is 12.8. The Morgan fingerprint density at radius 2 is 1.56 bits per heavy atom. The molecule has 0 aliphatic rings. The summed E-state index contributed by atoms with van der Waals surface area (Å²) in [4.78, 5) is 43.1. The van der Waals surface area contributed by atoms with Crippen LogP contribution < -0.4 is 38.6 Å². The topological polar surface area (TPSA) is 86.8 Å². The third-order valence-electron chi connectivity index (χ3n) is 8.34. The number of quaternary nitrogens is 1. The van der Waals surface area contributed by atoms with Gasteiger partial charge in [0.25, 0.3) is 5.56 Å². The van der Waals surface area contributed by atoms with Gasteiger partial charge in [-0.3, -0.25) is 14.2 Å². The minimum Gasteiger partial charge on any atom is -1.00 e. The number of methoxy groups -OCH3 is 1. The summed E-state index contributed by atoms with van der Waals surface area (Å²) in [6.07, 6.45) is 0.332. The third-order valence-corrected chi connectivity index (χ3v) is 9.65. The van der Waals surface area contributed by atoms with E-state index in [4.69, 9.17) is 4.74 Å². The number of halogens is 3. The van der Waals surface area contributed by atoms with Crippen LogP contribution in [0.25, 0.3) is 26.3 Å². The van der Waals surface area contributed by atoms with Gasteiger partial charge in [-0.25, -0.2) is 18.1 Å². The smallest absolute Gasteiger partial charge is 0.337 e. The molecule has 0 aliphatic carbocycles. The summed E-state index contributed by atoms with van der Waals surface area (Å²) in [6.45, 7) is 2.39. The number of hydrogen-bond donors (Lipinski definition) is 2. The summed E-state index contributed by atoms with van der Waals surface area (Å²) in [6, 6.07) is 27.4. The highest BCUT2D eigenvalue weighted by Crippen LogP contribution is 2.38. The van der Waals surface area contributed by atoms with Gasteiger partial charge < -0.3 is 27.4 Å². The fourth-order valence-corrected chi connectivity index (χ4v) is 7.20. The molecule has 4 aromatic carbocycles. The van der Waals surface area contributed by atoms with E-state index in [1.54, 1.807) is 43.3 Å². The fraction of sp³-hybridized carbons (Fsp3) is 0.184. The van der Waals surface area contributed by atoms with Crippen LogP contribution in [0.4, 0.5) is 14.5 Å². The number of ether oxygens (including phenoxy) is 1. The highest BCUT2D eigenvalue weighted by atomic mass is 35.5. The van der Waals surface area contributed by atoms with Crippen LogP contribution in [0.1, 0.15) is 30.0 Å². The molecule has 8 nitrogen and oxygen atoms in total. The Balaban J connectivity index is 0.00000486. The summed E-state index contributed by atoms with van der Waals surface area (Å²) in [5, 5.41) is 3.14. The summed E-state index contributed by atoms with van der Waals surface area (Å²) in [5.74, 6) is -1.28. The van der Waals surface area contributed by atoms with Crippen LogP contribution in [0.2, 0.25) is 0 Å². The molecule has 258 valence electrons. The summed E-state index contributed by atoms with van der Waals surface area (Å²) in [5.41, 5.74) is 1.88. The fourth-order valence-electron chi connectivity index (χ4n) is 5.89. The molecule has 1 atom stereocenters. The first-order chi connectivity index (χ1) is 23.7. The van der Waals surface area contributed by atoms with E-state index < -0.39 is 29.4 Å². The van der Waals surface area contributed by atoms with Crippen molar-refractivity contribution in [3.05, 3.63) is 146 Å². The Morgan fingerprint density at radius 3 is 2.22 bits per heavy atom. The summed E-state index contributed by atoms with van der Waals surface area (Å²) >= 11 is 1.23. The molecule has 0 saturated heterocycles. The monoisotopic (exact) mass is 716 g/mol. The molecule has 2 N–H and O–H groups in total. The largest absolute Gasteiger partial charge is 1.00 e. The van der Waals surface area contributed by atoms with Crippen molar-refractivity contribution in [1.82, 2.24) is 9.13 Å². The van der Waals surface area contributed by atoms with Crippen LogP contribution in [-0.4, -0.2) is 29.2 Å². The normalized spacial score (nSPS) is 11.6. The molecule has 50 heavy (non-hydrogen) atoms. The molecule has 0 spiro atoms. The zero-order chi connectivity index (χ0) is 34.7. The Labute approximate surface area is 297 Å². The minimum atomic E-state index is -0.798. The van der Waals surface area contributed by atoms with Crippen LogP contribution in [0, 0.1) is 11.6 Å². The number of carbonyl (C=O) groups excluding carboxylic acids is 1. The molecule has 1 amide bonds. The van der Waals surface area contributed by atoms with E-state index in [1.807, 2.05) is 49.5 Å². The van der Waals surface area contributed by atoms with Gasteiger partial charge in [-0.05, 0) is 42.0 Å². The number of carbonyl (C=O) groups is 1. The van der Waals surface area contributed by atoms with Crippen LogP contribution in [0.15, 0.2) is 107 Å². The van der Waals surface area contributed by atoms with Gasteiger partial charge in [-0.1, -0.05) is 61.5 Å². The molecule has 1 unspecified atom stereocenters. The van der Waals surface area contributed by atoms with E-state index >= 15 is 8.78 Å². The number of nitrogens with one attached hydrogen (secondary N) is 2. The molecule has 0 saturated carbocycles. The average Bonchev–Trinajstić information content (AvgIpc) is 3.47. The second kappa shape index (κ2) is 15.6. The first-order valence-electron chi connectivity index (χ1n) is 15.8. The van der Waals surface area contributed by atoms with Crippen LogP contribution in [0.3, 0.4) is 0 Å². The Morgan fingerprint density at radius 1 is 0.880 bits per heavy atom. The number of nitrogens with zero attached hydrogens (tertiary/aromatic N) is 2. The maximum atomic E-state index is 15.1. The molecule has 0 radical (unpaired) electrons. The molecule has 2 heterocycles. The van der Waals surface area contributed by atoms with Crippen LogP contribution in [-0.2, 0) is 24.4 Å². The Hall–Kier alpha value is -5.10. The van der Waals surface area contributed by atoms with Gasteiger partial charge in [0, 0.05) is 39.7 Å². The highest BCUT2D eigenvalue weighted by Gasteiger charge is 2.27. The van der Waals surface area contributed by atoms with E-state index in [-0.39, 0.29) is 35.0 Å². The second-order valence-electron chi connectivity index (χ2n) is 11.8. The van der Waals surface area contributed by atoms with Crippen molar-refractivity contribution in [2.24, 2.45) is 0 Å². The number of hydrogen-bond acceptors (Lipinski definition) is 5. The molecule has 2 aromatic heterocycles. The molecule has 12 heteroatoms. The van der Waals surface area contributed by atoms with Gasteiger partial charge in [-0.2, -0.15) is 0 Å². The first-order valence-corrected chi connectivity index (χ1v) is 16.6. The first kappa shape index (κ1) is 36.2. The molecule has 0 bridgehead atoms. The van der Waals surface area contributed by atoms with Gasteiger partial charge in [0.15, 0.2) is 0 Å². The molecular formula is C38H35ClF2N4O4S.